The van der Waals surface area contributed by atoms with Crippen LogP contribution in [-0.4, -0.2) is 39.0 Å². The van der Waals surface area contributed by atoms with Gasteiger partial charge in [-0.1, -0.05) is 243 Å². The van der Waals surface area contributed by atoms with Gasteiger partial charge in [-0.2, -0.15) is 0 Å². The van der Waals surface area contributed by atoms with Crippen LogP contribution in [0, 0.1) is 0 Å². The SMILES string of the molecule is c1ccc(-c2nc(-c3ccccc3)nc(-c3ccc4oc5ccc(-n6c7ccccc7c7cc(-c8cccc9c8oc8ccccc89)ccc76)cc5c4c3)n2)cc1.c1ccc(-c2nc(-c3ccccc3)nc(-c3ccc4sc5ccc(-n6c7ccccc7c7cc(-c8cccc9c8oc8ccccc89)ccc76)cc5c4c3)n2)cc1. The van der Waals surface area contributed by atoms with E-state index in [0.29, 0.717) is 34.9 Å². The molecule has 0 spiro atoms. The summed E-state index contributed by atoms with van der Waals surface area (Å²) in [4.78, 5) is 29.8. The van der Waals surface area contributed by atoms with Crippen molar-refractivity contribution in [3.05, 3.63) is 364 Å². The molecule has 0 aliphatic carbocycles. The monoisotopic (exact) mass is 1480 g/mol. The van der Waals surface area contributed by atoms with Gasteiger partial charge in [0.25, 0.3) is 0 Å². The minimum atomic E-state index is 0.603. The molecule has 0 fully saturated rings. The van der Waals surface area contributed by atoms with E-state index in [0.717, 1.165) is 149 Å². The minimum Gasteiger partial charge on any atom is -0.456 e. The standard InChI is InChI=1S/C51H30N4O2.C51H30N4OS/c1-3-12-31(13-4-1)49-52-50(32-14-5-2-6-15-32)54-51(53-49)34-23-26-46-41(29-34)42-30-35(24-27-47(42)56-46)55-43-20-9-7-16-37(43)40-28-33(22-25-44(40)55)36-18-11-19-39-38-17-8-10-21-45(38)57-48(36)39;1-3-12-31(13-4-1)49-52-50(32-14-5-2-6-15-32)54-51(53-49)34-23-26-46-41(29-34)42-30-35(24-27-47(42)57-46)55-43-20-9-7-16-37(43)40-28-33(22-25-44(40)55)36-18-11-19-39-38-17-8-10-21-45(38)56-48(36)39/h2*1-30H. The zero-order valence-electron chi connectivity index (χ0n) is 60.9. The topological polar surface area (TPSA) is 127 Å². The molecular weight excluding hydrogens is 1420 g/mol. The van der Waals surface area contributed by atoms with Crippen LogP contribution < -0.4 is 0 Å². The summed E-state index contributed by atoms with van der Waals surface area (Å²) in [7, 11) is 0. The molecule has 8 aromatic heterocycles. The quantitative estimate of drug-likeness (QED) is 0.131. The lowest BCUT2D eigenvalue weighted by atomic mass is 10.0. The Morgan fingerprint density at radius 1 is 0.193 bits per heavy atom. The van der Waals surface area contributed by atoms with Gasteiger partial charge in [0.15, 0.2) is 34.9 Å². The third-order valence-corrected chi connectivity index (χ3v) is 23.3. The molecule has 0 aliphatic rings. The van der Waals surface area contributed by atoms with E-state index >= 15 is 0 Å². The van der Waals surface area contributed by atoms with Gasteiger partial charge in [0.2, 0.25) is 0 Å². The lowest BCUT2D eigenvalue weighted by Gasteiger charge is -2.10. The maximum atomic E-state index is 6.45. The van der Waals surface area contributed by atoms with Crippen molar-refractivity contribution in [2.24, 2.45) is 0 Å². The molecule has 0 atom stereocenters. The second-order valence-corrected chi connectivity index (χ2v) is 29.9. The highest BCUT2D eigenvalue weighted by Crippen LogP contribution is 2.45. The van der Waals surface area contributed by atoms with Crippen molar-refractivity contribution in [1.29, 1.82) is 0 Å². The third-order valence-electron chi connectivity index (χ3n) is 22.1. The van der Waals surface area contributed by atoms with Crippen LogP contribution in [0.3, 0.4) is 0 Å². The van der Waals surface area contributed by atoms with E-state index in [1.54, 1.807) is 0 Å². The molecule has 0 N–H and O–H groups in total. The summed E-state index contributed by atoms with van der Waals surface area (Å²) in [5.74, 6) is 3.82. The highest BCUT2D eigenvalue weighted by Gasteiger charge is 2.23. The predicted molar refractivity (Wildman–Crippen MR) is 467 cm³/mol. The Kier molecular flexibility index (Phi) is 14.9. The summed E-state index contributed by atoms with van der Waals surface area (Å²) < 4.78 is 26.5. The molecule has 24 aromatic rings. The fourth-order valence-corrected chi connectivity index (χ4v) is 17.8. The predicted octanol–water partition coefficient (Wildman–Crippen LogP) is 27.3. The second kappa shape index (κ2) is 26.2. The summed E-state index contributed by atoms with van der Waals surface area (Å²) >= 11 is 1.81. The van der Waals surface area contributed by atoms with Gasteiger partial charge in [-0.25, -0.2) is 29.9 Å². The molecule has 114 heavy (non-hydrogen) atoms. The van der Waals surface area contributed by atoms with E-state index < -0.39 is 0 Å². The molecule has 0 bridgehead atoms. The number of benzene rings is 16. The Labute approximate surface area is 654 Å². The van der Waals surface area contributed by atoms with Gasteiger partial charge in [0.05, 0.1) is 22.1 Å². The Balaban J connectivity index is 0.000000135. The summed E-state index contributed by atoms with van der Waals surface area (Å²) in [5.41, 5.74) is 22.0. The van der Waals surface area contributed by atoms with Crippen molar-refractivity contribution in [3.8, 4) is 102 Å². The molecule has 0 saturated carbocycles. The highest BCUT2D eigenvalue weighted by molar-refractivity contribution is 7.25. The van der Waals surface area contributed by atoms with Crippen molar-refractivity contribution in [3.63, 3.8) is 0 Å². The van der Waals surface area contributed by atoms with Crippen LogP contribution in [0.4, 0.5) is 0 Å². The van der Waals surface area contributed by atoms with Crippen molar-refractivity contribution in [2.45, 2.75) is 0 Å². The van der Waals surface area contributed by atoms with Gasteiger partial charge in [0.1, 0.15) is 33.5 Å². The number of rotatable bonds is 10. The first-order chi connectivity index (χ1) is 56.5. The Hall–Kier alpha value is -15.2. The minimum absolute atomic E-state index is 0.603. The first kappa shape index (κ1) is 64.7. The van der Waals surface area contributed by atoms with Crippen LogP contribution in [0.2, 0.25) is 0 Å². The first-order valence-corrected chi connectivity index (χ1v) is 38.8. The molecule has 12 heteroatoms. The molecule has 0 saturated heterocycles. The maximum Gasteiger partial charge on any atom is 0.164 e. The number of para-hydroxylation sites is 6. The lowest BCUT2D eigenvalue weighted by Crippen LogP contribution is -2.00. The van der Waals surface area contributed by atoms with Gasteiger partial charge in [0, 0.05) is 130 Å². The molecule has 16 aromatic carbocycles. The number of fused-ring (bicyclic) bond motifs is 18. The molecule has 0 amide bonds. The zero-order valence-corrected chi connectivity index (χ0v) is 61.7. The summed E-state index contributed by atoms with van der Waals surface area (Å²) in [6.07, 6.45) is 0. The molecule has 0 radical (unpaired) electrons. The average molecular weight is 1480 g/mol. The van der Waals surface area contributed by atoms with E-state index in [9.17, 15) is 0 Å². The fourth-order valence-electron chi connectivity index (χ4n) is 16.7. The van der Waals surface area contributed by atoms with Crippen LogP contribution in [-0.2, 0) is 0 Å². The molecule has 24 rings (SSSR count). The van der Waals surface area contributed by atoms with Crippen molar-refractivity contribution >= 4 is 141 Å². The van der Waals surface area contributed by atoms with E-state index in [-0.39, 0.29) is 0 Å². The molecule has 0 unspecified atom stereocenters. The van der Waals surface area contributed by atoms with Gasteiger partial charge >= 0.3 is 0 Å². The molecule has 532 valence electrons. The Morgan fingerprint density at radius 2 is 0.509 bits per heavy atom. The number of nitrogens with zero attached hydrogens (tertiary/aromatic N) is 8. The van der Waals surface area contributed by atoms with Gasteiger partial charge in [-0.15, -0.1) is 11.3 Å². The molecule has 0 aliphatic heterocycles. The Morgan fingerprint density at radius 3 is 0.982 bits per heavy atom. The maximum absolute atomic E-state index is 6.45. The highest BCUT2D eigenvalue weighted by atomic mass is 32.1. The number of hydrogen-bond donors (Lipinski definition) is 0. The van der Waals surface area contributed by atoms with E-state index in [4.69, 9.17) is 43.2 Å². The van der Waals surface area contributed by atoms with Crippen LogP contribution in [0.1, 0.15) is 0 Å². The van der Waals surface area contributed by atoms with Crippen LogP contribution in [0.25, 0.3) is 232 Å². The smallest absolute Gasteiger partial charge is 0.164 e. The van der Waals surface area contributed by atoms with E-state index in [1.807, 2.05) is 169 Å². The van der Waals surface area contributed by atoms with Crippen LogP contribution >= 0.6 is 11.3 Å². The van der Waals surface area contributed by atoms with Gasteiger partial charge < -0.3 is 22.4 Å². The van der Waals surface area contributed by atoms with E-state index in [1.165, 1.54) is 47.2 Å². The summed E-state index contributed by atoms with van der Waals surface area (Å²) in [5, 5.41) is 13.7. The third kappa shape index (κ3) is 10.8. The number of aromatic nitrogens is 8. The van der Waals surface area contributed by atoms with Gasteiger partial charge in [-0.3, -0.25) is 0 Å². The van der Waals surface area contributed by atoms with Crippen LogP contribution in [0.5, 0.6) is 0 Å². The normalized spacial score (nSPS) is 11.9. The lowest BCUT2D eigenvalue weighted by molar-refractivity contribution is 0.668. The van der Waals surface area contributed by atoms with Crippen molar-refractivity contribution in [2.75, 3.05) is 0 Å². The Bertz CT molecular complexity index is 7410. The summed E-state index contributed by atoms with van der Waals surface area (Å²) in [6.45, 7) is 0. The number of furan rings is 3. The average Bonchev–Trinajstić information content (AvgIpc) is 1.58. The zero-order chi connectivity index (χ0) is 74.9. The van der Waals surface area contributed by atoms with Crippen molar-refractivity contribution in [1.82, 2.24) is 39.0 Å². The summed E-state index contributed by atoms with van der Waals surface area (Å²) in [6, 6.07) is 127. The van der Waals surface area contributed by atoms with E-state index in [2.05, 4.69) is 215 Å². The number of hydrogen-bond acceptors (Lipinski definition) is 10. The largest absolute Gasteiger partial charge is 0.456 e. The fraction of sp³-hybridized carbons (Fsp3) is 0. The first-order valence-electron chi connectivity index (χ1n) is 38.0. The van der Waals surface area contributed by atoms with Crippen LogP contribution in [0.15, 0.2) is 377 Å². The number of thiophene rings is 1. The van der Waals surface area contributed by atoms with Gasteiger partial charge in [-0.05, 0) is 132 Å². The molecule has 11 nitrogen and oxygen atoms in total. The molecule has 8 heterocycles. The second-order valence-electron chi connectivity index (χ2n) is 28.8. The van der Waals surface area contributed by atoms with Crippen molar-refractivity contribution < 1.29 is 13.3 Å². The molecular formula is C102H60N8O3S.